The van der Waals surface area contributed by atoms with E-state index in [1.165, 1.54) is 0 Å². The maximum Gasteiger partial charge on any atom is 0.243 e. The zero-order valence-corrected chi connectivity index (χ0v) is 18.6. The highest BCUT2D eigenvalue weighted by Gasteiger charge is 2.38. The predicted octanol–water partition coefficient (Wildman–Crippen LogP) is 3.35. The van der Waals surface area contributed by atoms with Crippen molar-refractivity contribution in [3.8, 4) is 6.07 Å². The van der Waals surface area contributed by atoms with E-state index in [1.54, 1.807) is 40.5 Å². The second-order valence-corrected chi connectivity index (χ2v) is 10.3. The molecule has 7 nitrogen and oxygen atoms in total. The molecule has 0 bridgehead atoms. The van der Waals surface area contributed by atoms with E-state index >= 15 is 0 Å². The van der Waals surface area contributed by atoms with Crippen LogP contribution in [0.5, 0.6) is 0 Å². The Morgan fingerprint density at radius 3 is 2.20 bits per heavy atom. The summed E-state index contributed by atoms with van der Waals surface area (Å²) in [4.78, 5) is 14.5. The van der Waals surface area contributed by atoms with Gasteiger partial charge in [-0.25, -0.2) is 8.42 Å². The summed E-state index contributed by atoms with van der Waals surface area (Å²) in [7, 11) is -1.77. The minimum absolute atomic E-state index is 0.0676. The summed E-state index contributed by atoms with van der Waals surface area (Å²) < 4.78 is 27.3. The molecule has 1 amide bonds. The maximum absolute atomic E-state index is 12.9. The zero-order chi connectivity index (χ0) is 21.6. The molecule has 1 saturated carbocycles. The first-order valence-corrected chi connectivity index (χ1v) is 12.4. The number of nitrogens with zero attached hydrogens (tertiary/aromatic N) is 3. The predicted molar refractivity (Wildman–Crippen MR) is 116 cm³/mol. The lowest BCUT2D eigenvalue weighted by atomic mass is 9.81. The van der Waals surface area contributed by atoms with Gasteiger partial charge in [0.15, 0.2) is 0 Å². The molecule has 2 fully saturated rings. The quantitative estimate of drug-likeness (QED) is 0.744. The summed E-state index contributed by atoms with van der Waals surface area (Å²) in [5.74, 6) is -0.139. The number of anilines is 1. The Hall–Kier alpha value is -2.11. The Bertz CT molecular complexity index is 863. The molecule has 164 valence electrons. The van der Waals surface area contributed by atoms with Crippen molar-refractivity contribution in [2.75, 3.05) is 32.0 Å². The Labute approximate surface area is 180 Å². The van der Waals surface area contributed by atoms with Crippen molar-refractivity contribution in [3.05, 3.63) is 24.3 Å². The van der Waals surface area contributed by atoms with E-state index in [9.17, 15) is 18.5 Å². The molecule has 1 aliphatic carbocycles. The van der Waals surface area contributed by atoms with Crippen LogP contribution in [0.25, 0.3) is 0 Å². The lowest BCUT2D eigenvalue weighted by molar-refractivity contribution is -0.132. The number of amides is 1. The van der Waals surface area contributed by atoms with Crippen molar-refractivity contribution < 1.29 is 13.2 Å². The van der Waals surface area contributed by atoms with E-state index in [0.717, 1.165) is 57.8 Å². The minimum atomic E-state index is -3.48. The van der Waals surface area contributed by atoms with Gasteiger partial charge in [-0.2, -0.15) is 9.57 Å². The molecule has 8 heteroatoms. The fourth-order valence-electron chi connectivity index (χ4n) is 4.37. The van der Waals surface area contributed by atoms with Crippen LogP contribution in [0.3, 0.4) is 0 Å². The van der Waals surface area contributed by atoms with Crippen molar-refractivity contribution >= 4 is 21.6 Å². The largest absolute Gasteiger partial charge is 0.376 e. The number of carbonyl (C=O) groups excluding carboxylic acids is 1. The average Bonchev–Trinajstić information content (AvgIpc) is 3.08. The van der Waals surface area contributed by atoms with Crippen molar-refractivity contribution in [2.24, 2.45) is 0 Å². The average molecular weight is 433 g/mol. The molecule has 0 spiro atoms. The number of benzene rings is 1. The molecule has 1 aromatic carbocycles. The molecular weight excluding hydrogens is 400 g/mol. The number of nitrogens with one attached hydrogen (secondary N) is 1. The van der Waals surface area contributed by atoms with Gasteiger partial charge in [0, 0.05) is 25.8 Å². The summed E-state index contributed by atoms with van der Waals surface area (Å²) >= 11 is 0. The fourth-order valence-corrected chi connectivity index (χ4v) is 5.89. The highest BCUT2D eigenvalue weighted by atomic mass is 32.2. The summed E-state index contributed by atoms with van der Waals surface area (Å²) in [5.41, 5.74) is -0.0246. The van der Waals surface area contributed by atoms with Crippen LogP contribution in [0.1, 0.15) is 57.8 Å². The highest BCUT2D eigenvalue weighted by Crippen LogP contribution is 2.32. The van der Waals surface area contributed by atoms with Crippen molar-refractivity contribution in [3.63, 3.8) is 0 Å². The van der Waals surface area contributed by atoms with Gasteiger partial charge in [-0.1, -0.05) is 32.1 Å². The Kier molecular flexibility index (Phi) is 7.37. The third-order valence-corrected chi connectivity index (χ3v) is 8.32. The van der Waals surface area contributed by atoms with Gasteiger partial charge >= 0.3 is 0 Å². The van der Waals surface area contributed by atoms with Gasteiger partial charge in [-0.05, 0) is 49.9 Å². The van der Waals surface area contributed by atoms with E-state index in [4.69, 9.17) is 0 Å². The third kappa shape index (κ3) is 4.96. The van der Waals surface area contributed by atoms with Gasteiger partial charge in [0.25, 0.3) is 0 Å². The van der Waals surface area contributed by atoms with Gasteiger partial charge in [0.05, 0.1) is 17.5 Å². The standard InChI is InChI=1S/C22H32N4O3S/c1-25(22(18-23)13-5-4-6-14-22)21(27)17-24-19-9-11-20(12-10-19)30(28,29)26-15-7-2-3-8-16-26/h9-12,24H,2-8,13-17H2,1H3. The SMILES string of the molecule is CN(C(=O)CNc1ccc(S(=O)(=O)N2CCCCCC2)cc1)C1(C#N)CCCCC1. The van der Waals surface area contributed by atoms with E-state index in [0.29, 0.717) is 18.8 Å². The van der Waals surface area contributed by atoms with Crippen molar-refractivity contribution in [2.45, 2.75) is 68.2 Å². The van der Waals surface area contributed by atoms with Crippen LogP contribution in [0, 0.1) is 11.3 Å². The molecule has 1 aromatic rings. The Balaban J connectivity index is 1.60. The number of nitriles is 1. The summed E-state index contributed by atoms with van der Waals surface area (Å²) in [6.45, 7) is 1.21. The number of carbonyl (C=O) groups is 1. The first-order chi connectivity index (χ1) is 14.4. The topological polar surface area (TPSA) is 93.5 Å². The van der Waals surface area contributed by atoms with Crippen LogP contribution in [-0.4, -0.2) is 55.8 Å². The molecule has 1 heterocycles. The highest BCUT2D eigenvalue weighted by molar-refractivity contribution is 7.89. The van der Waals surface area contributed by atoms with Crippen LogP contribution < -0.4 is 5.32 Å². The molecular formula is C22H32N4O3S. The Morgan fingerprint density at radius 1 is 1.07 bits per heavy atom. The third-order valence-electron chi connectivity index (χ3n) is 6.41. The number of rotatable bonds is 6. The van der Waals surface area contributed by atoms with Crippen LogP contribution in [0.2, 0.25) is 0 Å². The molecule has 3 rings (SSSR count). The summed E-state index contributed by atoms with van der Waals surface area (Å²) in [5, 5.41) is 12.7. The van der Waals surface area contributed by atoms with Crippen LogP contribution in [0.15, 0.2) is 29.2 Å². The molecule has 0 atom stereocenters. The summed E-state index contributed by atoms with van der Waals surface area (Å²) in [6, 6.07) is 8.93. The molecule has 1 aliphatic heterocycles. The van der Waals surface area contributed by atoms with Crippen molar-refractivity contribution in [1.82, 2.24) is 9.21 Å². The Morgan fingerprint density at radius 2 is 1.63 bits per heavy atom. The molecule has 30 heavy (non-hydrogen) atoms. The minimum Gasteiger partial charge on any atom is -0.376 e. The lowest BCUT2D eigenvalue weighted by Gasteiger charge is -2.39. The van der Waals surface area contributed by atoms with E-state index in [2.05, 4.69) is 11.4 Å². The van der Waals surface area contributed by atoms with Crippen LogP contribution >= 0.6 is 0 Å². The van der Waals surface area contributed by atoms with Gasteiger partial charge in [0.1, 0.15) is 5.54 Å². The first-order valence-electron chi connectivity index (χ1n) is 10.9. The fraction of sp³-hybridized carbons (Fsp3) is 0.636. The second-order valence-electron chi connectivity index (χ2n) is 8.35. The lowest BCUT2D eigenvalue weighted by Crippen LogP contribution is -2.51. The monoisotopic (exact) mass is 432 g/mol. The molecule has 1 N–H and O–H groups in total. The molecule has 0 radical (unpaired) electrons. The number of sulfonamides is 1. The zero-order valence-electron chi connectivity index (χ0n) is 17.8. The van der Waals surface area contributed by atoms with E-state index < -0.39 is 15.6 Å². The molecule has 0 aromatic heterocycles. The van der Waals surface area contributed by atoms with Gasteiger partial charge in [-0.3, -0.25) is 4.79 Å². The maximum atomic E-state index is 12.9. The number of hydrogen-bond donors (Lipinski definition) is 1. The van der Waals surface area contributed by atoms with Gasteiger partial charge in [-0.15, -0.1) is 0 Å². The van der Waals surface area contributed by atoms with Gasteiger partial charge in [0.2, 0.25) is 15.9 Å². The second kappa shape index (κ2) is 9.80. The van der Waals surface area contributed by atoms with Crippen molar-refractivity contribution in [1.29, 1.82) is 5.26 Å². The molecule has 0 unspecified atom stereocenters. The van der Waals surface area contributed by atoms with Gasteiger partial charge < -0.3 is 10.2 Å². The van der Waals surface area contributed by atoms with E-state index in [1.807, 2.05) is 0 Å². The smallest absolute Gasteiger partial charge is 0.243 e. The van der Waals surface area contributed by atoms with E-state index in [-0.39, 0.29) is 17.3 Å². The normalized spacial score (nSPS) is 20.0. The molecule has 1 saturated heterocycles. The molecule has 2 aliphatic rings. The first kappa shape index (κ1) is 22.6. The number of likely N-dealkylation sites (N-methyl/N-ethyl adjacent to an activating group) is 1. The number of hydrogen-bond acceptors (Lipinski definition) is 5. The summed E-state index contributed by atoms with van der Waals surface area (Å²) in [6.07, 6.45) is 8.42. The van der Waals surface area contributed by atoms with Crippen LogP contribution in [0.4, 0.5) is 5.69 Å². The van der Waals surface area contributed by atoms with Crippen LogP contribution in [-0.2, 0) is 14.8 Å².